The lowest BCUT2D eigenvalue weighted by Crippen LogP contribution is -2.05. The monoisotopic (exact) mass is 310 g/mol. The van der Waals surface area contributed by atoms with Gasteiger partial charge in [-0.3, -0.25) is 0 Å². The normalized spacial score (nSPS) is 10.2. The van der Waals surface area contributed by atoms with E-state index in [0.717, 1.165) is 0 Å². The van der Waals surface area contributed by atoms with Gasteiger partial charge >= 0.3 is 5.97 Å². The van der Waals surface area contributed by atoms with Gasteiger partial charge in [0.25, 0.3) is 0 Å². The zero-order chi connectivity index (χ0) is 15.4. The number of carbonyl (C=O) groups is 1. The molecule has 110 valence electrons. The van der Waals surface area contributed by atoms with Gasteiger partial charge in [0, 0.05) is 11.6 Å². The SMILES string of the molecule is COc1ccc(C(=O)O)c(OCc2c(F)cccc2Cl)c1. The maximum atomic E-state index is 13.7. The molecule has 4 nitrogen and oxygen atoms in total. The molecule has 0 bridgehead atoms. The molecule has 0 spiro atoms. The molecular formula is C15H12ClFO4. The van der Waals surface area contributed by atoms with Crippen molar-refractivity contribution < 1.29 is 23.8 Å². The van der Waals surface area contributed by atoms with Gasteiger partial charge in [0.15, 0.2) is 0 Å². The molecule has 0 amide bonds. The number of ether oxygens (including phenoxy) is 2. The molecule has 1 N–H and O–H groups in total. The Labute approximate surface area is 125 Å². The van der Waals surface area contributed by atoms with Crippen LogP contribution in [0.4, 0.5) is 4.39 Å². The van der Waals surface area contributed by atoms with Gasteiger partial charge in [-0.05, 0) is 24.3 Å². The molecule has 6 heteroatoms. The van der Waals surface area contributed by atoms with Crippen molar-refractivity contribution >= 4 is 17.6 Å². The minimum Gasteiger partial charge on any atom is -0.497 e. The highest BCUT2D eigenvalue weighted by Crippen LogP contribution is 2.27. The van der Waals surface area contributed by atoms with E-state index in [4.69, 9.17) is 26.2 Å². The largest absolute Gasteiger partial charge is 0.497 e. The summed E-state index contributed by atoms with van der Waals surface area (Å²) in [6, 6.07) is 8.57. The summed E-state index contributed by atoms with van der Waals surface area (Å²) in [5.41, 5.74) is 0.126. The molecule has 0 aliphatic heterocycles. The number of methoxy groups -OCH3 is 1. The van der Waals surface area contributed by atoms with Crippen molar-refractivity contribution in [3.63, 3.8) is 0 Å². The number of carboxylic acids is 1. The molecule has 0 heterocycles. The lowest BCUT2D eigenvalue weighted by Gasteiger charge is -2.12. The fraction of sp³-hybridized carbons (Fsp3) is 0.133. The van der Waals surface area contributed by atoms with E-state index in [9.17, 15) is 9.18 Å². The van der Waals surface area contributed by atoms with Crippen LogP contribution in [0.5, 0.6) is 11.5 Å². The van der Waals surface area contributed by atoms with Gasteiger partial charge in [-0.1, -0.05) is 17.7 Å². The molecule has 0 radical (unpaired) electrons. The van der Waals surface area contributed by atoms with Crippen LogP contribution in [0.15, 0.2) is 36.4 Å². The molecule has 0 aliphatic carbocycles. The minimum absolute atomic E-state index is 0.0386. The zero-order valence-electron chi connectivity index (χ0n) is 11.1. The molecule has 0 atom stereocenters. The van der Waals surface area contributed by atoms with Gasteiger partial charge in [-0.25, -0.2) is 9.18 Å². The van der Waals surface area contributed by atoms with Crippen LogP contribution in [0.1, 0.15) is 15.9 Å². The van der Waals surface area contributed by atoms with Crippen LogP contribution in [0.2, 0.25) is 5.02 Å². The van der Waals surface area contributed by atoms with E-state index in [1.165, 1.54) is 43.5 Å². The fourth-order valence-electron chi connectivity index (χ4n) is 1.75. The Morgan fingerprint density at radius 2 is 2.10 bits per heavy atom. The smallest absolute Gasteiger partial charge is 0.339 e. The molecule has 21 heavy (non-hydrogen) atoms. The average molecular weight is 311 g/mol. The highest BCUT2D eigenvalue weighted by Gasteiger charge is 2.14. The Bertz CT molecular complexity index is 652. The summed E-state index contributed by atoms with van der Waals surface area (Å²) in [5.74, 6) is -1.13. The second kappa shape index (κ2) is 6.45. The molecule has 0 fully saturated rings. The number of aromatic carboxylic acids is 1. The molecule has 2 aromatic carbocycles. The Hall–Kier alpha value is -2.27. The summed E-state index contributed by atoms with van der Waals surface area (Å²) in [5, 5.41) is 9.33. The topological polar surface area (TPSA) is 55.8 Å². The summed E-state index contributed by atoms with van der Waals surface area (Å²) in [6.45, 7) is -0.182. The van der Waals surface area contributed by atoms with Crippen LogP contribution in [0.25, 0.3) is 0 Å². The first kappa shape index (κ1) is 15.1. The van der Waals surface area contributed by atoms with E-state index in [-0.39, 0.29) is 28.5 Å². The van der Waals surface area contributed by atoms with E-state index < -0.39 is 11.8 Å². The molecule has 2 rings (SSSR count). The fourth-order valence-corrected chi connectivity index (χ4v) is 1.96. The second-order valence-corrected chi connectivity index (χ2v) is 4.56. The van der Waals surface area contributed by atoms with Crippen LogP contribution >= 0.6 is 11.6 Å². The van der Waals surface area contributed by atoms with Gasteiger partial charge in [-0.2, -0.15) is 0 Å². The molecule has 0 aliphatic rings. The van der Waals surface area contributed by atoms with Crippen molar-refractivity contribution in [1.82, 2.24) is 0 Å². The number of rotatable bonds is 5. The predicted octanol–water partition coefficient (Wildman–Crippen LogP) is 3.76. The molecule has 0 unspecified atom stereocenters. The van der Waals surface area contributed by atoms with Crippen LogP contribution in [-0.2, 0) is 6.61 Å². The van der Waals surface area contributed by atoms with Gasteiger partial charge in [0.2, 0.25) is 0 Å². The molecule has 0 saturated carbocycles. The first-order valence-electron chi connectivity index (χ1n) is 6.00. The lowest BCUT2D eigenvalue weighted by atomic mass is 10.2. The third-order valence-corrected chi connectivity index (χ3v) is 3.21. The van der Waals surface area contributed by atoms with Gasteiger partial charge < -0.3 is 14.6 Å². The molecule has 0 aromatic heterocycles. The van der Waals surface area contributed by atoms with E-state index in [1.807, 2.05) is 0 Å². The molecule has 0 saturated heterocycles. The van der Waals surface area contributed by atoms with Gasteiger partial charge in [-0.15, -0.1) is 0 Å². The summed E-state index contributed by atoms with van der Waals surface area (Å²) in [6.07, 6.45) is 0. The Morgan fingerprint density at radius 3 is 2.71 bits per heavy atom. The highest BCUT2D eigenvalue weighted by atomic mass is 35.5. The van der Waals surface area contributed by atoms with Crippen molar-refractivity contribution in [2.45, 2.75) is 6.61 Å². The number of carboxylic acid groups (broad SMARTS) is 1. The van der Waals surface area contributed by atoms with Crippen molar-refractivity contribution in [2.24, 2.45) is 0 Å². The van der Waals surface area contributed by atoms with E-state index >= 15 is 0 Å². The quantitative estimate of drug-likeness (QED) is 0.913. The summed E-state index contributed by atoms with van der Waals surface area (Å²) < 4.78 is 24.1. The Morgan fingerprint density at radius 1 is 1.33 bits per heavy atom. The Balaban J connectivity index is 2.28. The first-order valence-corrected chi connectivity index (χ1v) is 6.37. The standard InChI is InChI=1S/C15H12ClFO4/c1-20-9-5-6-10(15(18)19)14(7-9)21-8-11-12(16)3-2-4-13(11)17/h2-7H,8H2,1H3,(H,18,19). The zero-order valence-corrected chi connectivity index (χ0v) is 11.9. The summed E-state index contributed by atoms with van der Waals surface area (Å²) >= 11 is 5.90. The van der Waals surface area contributed by atoms with Crippen molar-refractivity contribution in [2.75, 3.05) is 7.11 Å². The van der Waals surface area contributed by atoms with E-state index in [2.05, 4.69) is 0 Å². The predicted molar refractivity (Wildman–Crippen MR) is 75.7 cm³/mol. The molecule has 2 aromatic rings. The molecular weight excluding hydrogens is 299 g/mol. The maximum absolute atomic E-state index is 13.7. The second-order valence-electron chi connectivity index (χ2n) is 4.16. The lowest BCUT2D eigenvalue weighted by molar-refractivity contribution is 0.0691. The van der Waals surface area contributed by atoms with Crippen LogP contribution < -0.4 is 9.47 Å². The van der Waals surface area contributed by atoms with Crippen molar-refractivity contribution in [3.05, 3.63) is 58.4 Å². The van der Waals surface area contributed by atoms with Crippen LogP contribution in [0.3, 0.4) is 0 Å². The van der Waals surface area contributed by atoms with Crippen molar-refractivity contribution in [1.29, 1.82) is 0 Å². The first-order chi connectivity index (χ1) is 10.0. The third-order valence-electron chi connectivity index (χ3n) is 2.85. The number of benzene rings is 2. The van der Waals surface area contributed by atoms with E-state index in [0.29, 0.717) is 5.75 Å². The average Bonchev–Trinajstić information content (AvgIpc) is 2.46. The number of halogens is 2. The summed E-state index contributed by atoms with van der Waals surface area (Å²) in [7, 11) is 1.45. The van der Waals surface area contributed by atoms with Gasteiger partial charge in [0.05, 0.1) is 12.1 Å². The van der Waals surface area contributed by atoms with Crippen LogP contribution in [0, 0.1) is 5.82 Å². The van der Waals surface area contributed by atoms with E-state index in [1.54, 1.807) is 0 Å². The highest BCUT2D eigenvalue weighted by molar-refractivity contribution is 6.31. The maximum Gasteiger partial charge on any atom is 0.339 e. The summed E-state index contributed by atoms with van der Waals surface area (Å²) in [4.78, 5) is 11.1. The van der Waals surface area contributed by atoms with Gasteiger partial charge in [0.1, 0.15) is 29.5 Å². The number of hydrogen-bond donors (Lipinski definition) is 1. The number of hydrogen-bond acceptors (Lipinski definition) is 3. The van der Waals surface area contributed by atoms with Crippen LogP contribution in [-0.4, -0.2) is 18.2 Å². The van der Waals surface area contributed by atoms with Crippen molar-refractivity contribution in [3.8, 4) is 11.5 Å². The third kappa shape index (κ3) is 3.44. The Kier molecular flexibility index (Phi) is 4.65. The minimum atomic E-state index is -1.15.